The summed E-state index contributed by atoms with van der Waals surface area (Å²) in [7, 11) is 0. The molecule has 3 nitrogen and oxygen atoms in total. The van der Waals surface area contributed by atoms with Crippen molar-refractivity contribution >= 4 is 93.8 Å². The normalized spacial score (nSPS) is 13.1. The zero-order chi connectivity index (χ0) is 32.5. The summed E-state index contributed by atoms with van der Waals surface area (Å²) >= 11 is 6.67. The van der Waals surface area contributed by atoms with Crippen LogP contribution in [0, 0.1) is 0 Å². The molecule has 1 unspecified atom stereocenters. The van der Waals surface area contributed by atoms with Crippen molar-refractivity contribution < 1.29 is 0 Å². The number of fused-ring (bicyclic) bond motifs is 11. The summed E-state index contributed by atoms with van der Waals surface area (Å²) in [5.41, 5.74) is 7.42. The topological polar surface area (TPSA) is 30.2 Å². The van der Waals surface area contributed by atoms with Crippen molar-refractivity contribution in [2.75, 3.05) is 0 Å². The number of pyridine rings is 2. The van der Waals surface area contributed by atoms with Crippen LogP contribution in [0.15, 0.2) is 170 Å². The molecule has 0 aliphatic carbocycles. The maximum atomic E-state index is 6.67. The molecular formula is C44H28N3PS. The Hall–Kier alpha value is -5.67. The van der Waals surface area contributed by atoms with E-state index in [0.29, 0.717) is 0 Å². The SMILES string of the molecule is S=P(c1ccccc1)(c1ccc2ccccc2c1)c1ccc(-c2ccc3c(ccc4c5ccccc5c5nc6ccccc6n5c34)c2)cn1. The Balaban J connectivity index is 1.13. The van der Waals surface area contributed by atoms with Crippen LogP contribution in [0.2, 0.25) is 0 Å². The molecule has 0 saturated heterocycles. The van der Waals surface area contributed by atoms with E-state index in [1.165, 1.54) is 37.8 Å². The number of para-hydroxylation sites is 2. The fourth-order valence-electron chi connectivity index (χ4n) is 7.46. The van der Waals surface area contributed by atoms with E-state index in [-0.39, 0.29) is 0 Å². The van der Waals surface area contributed by atoms with Crippen LogP contribution >= 0.6 is 6.04 Å². The minimum Gasteiger partial charge on any atom is -0.291 e. The maximum absolute atomic E-state index is 6.67. The number of aromatic nitrogens is 3. The molecule has 7 aromatic carbocycles. The van der Waals surface area contributed by atoms with Crippen molar-refractivity contribution in [1.82, 2.24) is 14.4 Å². The number of rotatable bonds is 4. The first-order valence-corrected chi connectivity index (χ1v) is 19.2. The van der Waals surface area contributed by atoms with Gasteiger partial charge >= 0.3 is 0 Å². The lowest BCUT2D eigenvalue weighted by atomic mass is 9.98. The van der Waals surface area contributed by atoms with E-state index in [2.05, 4.69) is 162 Å². The third-order valence-electron chi connectivity index (χ3n) is 9.85. The lowest BCUT2D eigenvalue weighted by Crippen LogP contribution is -2.26. The van der Waals surface area contributed by atoms with Crippen molar-refractivity contribution in [3.05, 3.63) is 170 Å². The zero-order valence-electron chi connectivity index (χ0n) is 26.4. The first kappa shape index (κ1) is 28.4. The minimum atomic E-state index is -2.40. The third kappa shape index (κ3) is 4.31. The predicted molar refractivity (Wildman–Crippen MR) is 212 cm³/mol. The highest BCUT2D eigenvalue weighted by Gasteiger charge is 2.26. The highest BCUT2D eigenvalue weighted by molar-refractivity contribution is 8.25. The third-order valence-corrected chi connectivity index (χ3v) is 14.6. The van der Waals surface area contributed by atoms with Crippen LogP contribution in [-0.2, 0) is 11.8 Å². The maximum Gasteiger partial charge on any atom is 0.146 e. The van der Waals surface area contributed by atoms with Crippen LogP contribution in [0.25, 0.3) is 71.0 Å². The van der Waals surface area contributed by atoms with E-state index in [1.54, 1.807) is 0 Å². The molecule has 49 heavy (non-hydrogen) atoms. The number of imidazole rings is 1. The summed E-state index contributed by atoms with van der Waals surface area (Å²) in [6.07, 6.45) is 2.00. The van der Waals surface area contributed by atoms with Crippen LogP contribution in [0.3, 0.4) is 0 Å². The molecule has 0 saturated carbocycles. The number of hydrogen-bond donors (Lipinski definition) is 0. The molecule has 0 N–H and O–H groups in total. The van der Waals surface area contributed by atoms with E-state index in [9.17, 15) is 0 Å². The van der Waals surface area contributed by atoms with E-state index >= 15 is 0 Å². The van der Waals surface area contributed by atoms with Crippen molar-refractivity contribution in [1.29, 1.82) is 0 Å². The molecule has 0 radical (unpaired) electrons. The molecule has 1 atom stereocenters. The monoisotopic (exact) mass is 661 g/mol. The fourth-order valence-corrected chi connectivity index (χ4v) is 11.0. The van der Waals surface area contributed by atoms with Gasteiger partial charge in [-0.15, -0.1) is 0 Å². The lowest BCUT2D eigenvalue weighted by Gasteiger charge is -2.23. The van der Waals surface area contributed by atoms with Crippen molar-refractivity contribution in [2.45, 2.75) is 0 Å². The Labute approximate surface area is 288 Å². The van der Waals surface area contributed by atoms with Gasteiger partial charge in [-0.2, -0.15) is 0 Å². The first-order chi connectivity index (χ1) is 24.2. The average molecular weight is 662 g/mol. The van der Waals surface area contributed by atoms with Crippen molar-refractivity contribution in [3.63, 3.8) is 0 Å². The van der Waals surface area contributed by atoms with E-state index in [4.69, 9.17) is 21.8 Å². The van der Waals surface area contributed by atoms with Gasteiger partial charge in [0.15, 0.2) is 0 Å². The van der Waals surface area contributed by atoms with Crippen LogP contribution < -0.4 is 16.0 Å². The molecule has 0 bridgehead atoms. The molecule has 10 aromatic rings. The summed E-state index contributed by atoms with van der Waals surface area (Å²) in [6, 6.07) is 55.8. The van der Waals surface area contributed by atoms with Crippen LogP contribution in [0.4, 0.5) is 0 Å². The standard InChI is InChI=1S/C44H28N3PS/c49-48(34-12-2-1-3-13-34,35-22-18-29-10-4-5-11-30(29)27-35)42-25-21-33(28-45-42)31-19-23-36-32(26-31)20-24-38-37-14-6-7-15-39(37)44-46-40-16-8-9-17-41(40)47(44)43(36)38/h1-28H. The Kier molecular flexibility index (Phi) is 6.33. The van der Waals surface area contributed by atoms with Crippen LogP contribution in [0.1, 0.15) is 0 Å². The van der Waals surface area contributed by atoms with Gasteiger partial charge in [0.1, 0.15) is 5.65 Å². The summed E-state index contributed by atoms with van der Waals surface area (Å²) in [4.78, 5) is 10.2. The van der Waals surface area contributed by atoms with E-state index in [0.717, 1.165) is 49.2 Å². The van der Waals surface area contributed by atoms with Gasteiger partial charge in [-0.1, -0.05) is 145 Å². The van der Waals surface area contributed by atoms with E-state index < -0.39 is 6.04 Å². The molecule has 230 valence electrons. The second kappa shape index (κ2) is 10.9. The molecule has 0 aliphatic rings. The number of nitrogens with zero attached hydrogens (tertiary/aromatic N) is 3. The lowest BCUT2D eigenvalue weighted by molar-refractivity contribution is 1.32. The summed E-state index contributed by atoms with van der Waals surface area (Å²) in [5.74, 6) is 0. The second-order valence-corrected chi connectivity index (χ2v) is 16.9. The number of benzene rings is 7. The van der Waals surface area contributed by atoms with Crippen molar-refractivity contribution in [2.24, 2.45) is 0 Å². The molecule has 10 rings (SSSR count). The summed E-state index contributed by atoms with van der Waals surface area (Å²) in [5, 5.41) is 10.7. The zero-order valence-corrected chi connectivity index (χ0v) is 28.1. The fraction of sp³-hybridized carbons (Fsp3) is 0. The quantitative estimate of drug-likeness (QED) is 0.139. The predicted octanol–water partition coefficient (Wildman–Crippen LogP) is 9.92. The highest BCUT2D eigenvalue weighted by atomic mass is 32.4. The molecule has 3 heterocycles. The largest absolute Gasteiger partial charge is 0.291 e. The molecule has 0 amide bonds. The molecule has 0 fully saturated rings. The first-order valence-electron chi connectivity index (χ1n) is 16.4. The van der Waals surface area contributed by atoms with Crippen LogP contribution in [-0.4, -0.2) is 14.4 Å². The summed E-state index contributed by atoms with van der Waals surface area (Å²) in [6.45, 7) is 0. The Bertz CT molecular complexity index is 2970. The van der Waals surface area contributed by atoms with Gasteiger partial charge in [-0.3, -0.25) is 9.38 Å². The Morgan fingerprint density at radius 2 is 1.20 bits per heavy atom. The highest BCUT2D eigenvalue weighted by Crippen LogP contribution is 2.43. The average Bonchev–Trinajstić information content (AvgIpc) is 3.57. The molecule has 5 heteroatoms. The van der Waals surface area contributed by atoms with Gasteiger partial charge in [-0.05, 0) is 68.0 Å². The van der Waals surface area contributed by atoms with E-state index in [1.807, 2.05) is 12.3 Å². The molecule has 0 aliphatic heterocycles. The second-order valence-electron chi connectivity index (χ2n) is 12.6. The van der Waals surface area contributed by atoms with Gasteiger partial charge < -0.3 is 0 Å². The molecular weight excluding hydrogens is 634 g/mol. The molecule has 3 aromatic heterocycles. The molecule has 0 spiro atoms. The minimum absolute atomic E-state index is 0.945. The summed E-state index contributed by atoms with van der Waals surface area (Å²) < 4.78 is 2.34. The van der Waals surface area contributed by atoms with Crippen LogP contribution in [0.5, 0.6) is 0 Å². The van der Waals surface area contributed by atoms with Gasteiger partial charge in [-0.25, -0.2) is 4.98 Å². The smallest absolute Gasteiger partial charge is 0.146 e. The number of hydrogen-bond acceptors (Lipinski definition) is 3. The van der Waals surface area contributed by atoms with Gasteiger partial charge in [0.2, 0.25) is 0 Å². The van der Waals surface area contributed by atoms with Crippen molar-refractivity contribution in [3.8, 4) is 11.1 Å². The Morgan fingerprint density at radius 3 is 2.06 bits per heavy atom. The van der Waals surface area contributed by atoms with Gasteiger partial charge in [0.25, 0.3) is 0 Å². The van der Waals surface area contributed by atoms with Gasteiger partial charge in [0, 0.05) is 27.9 Å². The Morgan fingerprint density at radius 1 is 0.490 bits per heavy atom. The van der Waals surface area contributed by atoms with Gasteiger partial charge in [0.05, 0.1) is 28.0 Å².